The zero-order valence-electron chi connectivity index (χ0n) is 7.52. The summed E-state index contributed by atoms with van der Waals surface area (Å²) in [6.45, 7) is 4.49. The Morgan fingerprint density at radius 1 is 0.846 bits per heavy atom. The molecule has 13 heavy (non-hydrogen) atoms. The molecule has 5 heteroatoms. The van der Waals surface area contributed by atoms with Gasteiger partial charge in [0.05, 0.1) is 0 Å². The van der Waals surface area contributed by atoms with Gasteiger partial charge in [-0.1, -0.05) is 53.4 Å². The molecule has 0 nitrogen and oxygen atoms in total. The van der Waals surface area contributed by atoms with Crippen molar-refractivity contribution in [2.24, 2.45) is 0 Å². The standard InChI is InChI=1S/C7H16.CH4.4HI.V/c1-3-5-7-6-4-2;;;;;;/h3-7H2,1-2H3;1H4;4*1H;/q;;;;;;+3/p-3. The molecule has 0 aliphatic rings. The van der Waals surface area contributed by atoms with Crippen LogP contribution in [0.25, 0.3) is 0 Å². The van der Waals surface area contributed by atoms with Crippen LogP contribution in [0.3, 0.4) is 0 Å². The van der Waals surface area contributed by atoms with Crippen molar-refractivity contribution in [2.75, 3.05) is 0 Å². The molecule has 0 aromatic heterocycles. The fourth-order valence-corrected chi connectivity index (χ4v) is 0.677. The van der Waals surface area contributed by atoms with E-state index in [1.165, 1.54) is 32.1 Å². The zero-order valence-corrected chi connectivity index (χ0v) is 17.7. The maximum absolute atomic E-state index is 2.46. The summed E-state index contributed by atoms with van der Waals surface area (Å²) in [6.07, 6.45) is 7.01. The van der Waals surface area contributed by atoms with Crippen molar-refractivity contribution in [3.63, 3.8) is 0 Å². The fourth-order valence-electron chi connectivity index (χ4n) is 0.677. The Labute approximate surface area is 139 Å². The predicted molar refractivity (Wildman–Crippen MR) is 98.6 cm³/mol. The average molecular weight is 676 g/mol. The van der Waals surface area contributed by atoms with Gasteiger partial charge in [-0.2, -0.15) is 0 Å². The summed E-state index contributed by atoms with van der Waals surface area (Å²) in [6, 6.07) is 0. The molecule has 0 N–H and O–H groups in total. The summed E-state index contributed by atoms with van der Waals surface area (Å²) in [5.74, 6) is 0. The van der Waals surface area contributed by atoms with Gasteiger partial charge < -0.3 is 0 Å². The van der Waals surface area contributed by atoms with Crippen LogP contribution in [-0.2, 0) is 4.92 Å². The molecule has 0 aliphatic carbocycles. The third kappa shape index (κ3) is 50.2. The van der Waals surface area contributed by atoms with E-state index in [9.17, 15) is 0 Å². The molecule has 0 bridgehead atoms. The molecule has 0 spiro atoms. The molecule has 0 aromatic rings. The Kier molecular flexibility index (Phi) is 48.1. The molecule has 0 atom stereocenters. The zero-order chi connectivity index (χ0) is 9.11. The number of hydrogen-bond donors (Lipinski definition) is 0. The molecule has 0 aromatic carbocycles. The van der Waals surface area contributed by atoms with Gasteiger partial charge in [0, 0.05) is 0 Å². The Balaban J connectivity index is -0.0000000600. The van der Waals surface area contributed by atoms with Gasteiger partial charge in [0.25, 0.3) is 0 Å². The Morgan fingerprint density at radius 3 is 1.23 bits per heavy atom. The number of rotatable bonds is 4. The van der Waals surface area contributed by atoms with Crippen LogP contribution < -0.4 is 0 Å². The number of halogens is 4. The van der Waals surface area contributed by atoms with Gasteiger partial charge in [-0.25, -0.2) is 0 Å². The first-order chi connectivity index (χ1) is 5.15. The Hall–Kier alpha value is 3.50. The molecule has 0 heterocycles. The topological polar surface area (TPSA) is 0 Å². The molecular formula is C8H21I4V. The third-order valence-corrected chi connectivity index (χ3v) is 1.21. The first-order valence-corrected chi connectivity index (χ1v) is 17.4. The van der Waals surface area contributed by atoms with E-state index in [1.807, 2.05) is 0 Å². The van der Waals surface area contributed by atoms with Crippen LogP contribution >= 0.6 is 83.9 Å². The van der Waals surface area contributed by atoms with Crippen LogP contribution in [0, 0.1) is 0 Å². The minimum absolute atomic E-state index is 0. The summed E-state index contributed by atoms with van der Waals surface area (Å²) in [5, 5.41) is 0. The normalized spacial score (nSPS) is 7.85. The van der Waals surface area contributed by atoms with Crippen molar-refractivity contribution in [1.82, 2.24) is 0 Å². The van der Waals surface area contributed by atoms with Crippen molar-refractivity contribution < 1.29 is 4.92 Å². The molecule has 0 saturated carbocycles. The van der Waals surface area contributed by atoms with Gasteiger partial charge in [0.2, 0.25) is 0 Å². The van der Waals surface area contributed by atoms with Gasteiger partial charge >= 0.3 is 64.9 Å². The second-order valence-electron chi connectivity index (χ2n) is 2.25. The summed E-state index contributed by atoms with van der Waals surface area (Å²) in [5.41, 5.74) is 0. The van der Waals surface area contributed by atoms with Crippen LogP contribution in [-0.4, -0.2) is 0 Å². The van der Waals surface area contributed by atoms with Crippen molar-refractivity contribution in [2.45, 2.75) is 53.4 Å². The van der Waals surface area contributed by atoms with Crippen molar-refractivity contribution >= 4 is 83.9 Å². The predicted octanol–water partition coefficient (Wildman–Crippen LogP) is 6.89. The molecule has 0 radical (unpaired) electrons. The maximum atomic E-state index is 2.46. The Morgan fingerprint density at radius 2 is 1.08 bits per heavy atom. The van der Waals surface area contributed by atoms with E-state index < -0.39 is 0 Å². The van der Waals surface area contributed by atoms with Gasteiger partial charge in [0.1, 0.15) is 0 Å². The fraction of sp³-hybridized carbons (Fsp3) is 1.00. The minimum atomic E-state index is -0.278. The van der Waals surface area contributed by atoms with Crippen molar-refractivity contribution in [1.29, 1.82) is 0 Å². The first kappa shape index (κ1) is 25.4. The summed E-state index contributed by atoms with van der Waals surface area (Å²) in [7, 11) is 0. The van der Waals surface area contributed by atoms with E-state index in [1.54, 1.807) is 0 Å². The summed E-state index contributed by atoms with van der Waals surface area (Å²) < 4.78 is 0. The second kappa shape index (κ2) is 24.6. The van der Waals surface area contributed by atoms with Gasteiger partial charge in [-0.3, -0.25) is 0 Å². The van der Waals surface area contributed by atoms with E-state index in [4.69, 9.17) is 0 Å². The summed E-state index contributed by atoms with van der Waals surface area (Å²) in [4.78, 5) is -0.278. The van der Waals surface area contributed by atoms with Crippen molar-refractivity contribution in [3.8, 4) is 0 Å². The quantitative estimate of drug-likeness (QED) is 0.225. The average Bonchev–Trinajstić information content (AvgIpc) is 1.88. The SMILES string of the molecule is C.CCCCCCC.I.[I][V]([I])[I]. The summed E-state index contributed by atoms with van der Waals surface area (Å²) >= 11 is 7.39. The molecule has 0 fully saturated rings. The number of unbranched alkanes of at least 4 members (excludes halogenated alkanes) is 4. The van der Waals surface area contributed by atoms with E-state index in [0.717, 1.165) is 0 Å². The van der Waals surface area contributed by atoms with E-state index in [0.29, 0.717) is 0 Å². The second-order valence-corrected chi connectivity index (χ2v) is 37.6. The van der Waals surface area contributed by atoms with Crippen molar-refractivity contribution in [3.05, 3.63) is 0 Å². The van der Waals surface area contributed by atoms with Crippen LogP contribution in [0.15, 0.2) is 0 Å². The van der Waals surface area contributed by atoms with Crippen LogP contribution in [0.2, 0.25) is 0 Å². The molecule has 86 valence electrons. The van der Waals surface area contributed by atoms with E-state index in [-0.39, 0.29) is 36.3 Å². The van der Waals surface area contributed by atoms with E-state index in [2.05, 4.69) is 73.8 Å². The monoisotopic (exact) mass is 676 g/mol. The third-order valence-electron chi connectivity index (χ3n) is 1.21. The first-order valence-electron chi connectivity index (χ1n) is 3.92. The molecule has 0 amide bonds. The van der Waals surface area contributed by atoms with Crippen LogP contribution in [0.5, 0.6) is 0 Å². The molecule has 0 aliphatic heterocycles. The molecular weight excluding hydrogens is 655 g/mol. The van der Waals surface area contributed by atoms with E-state index >= 15 is 0 Å². The molecule has 0 rings (SSSR count). The van der Waals surface area contributed by atoms with Crippen LogP contribution in [0.1, 0.15) is 53.4 Å². The van der Waals surface area contributed by atoms with Gasteiger partial charge in [0.15, 0.2) is 0 Å². The number of hydrogen-bond acceptors (Lipinski definition) is 0. The van der Waals surface area contributed by atoms with Crippen LogP contribution in [0.4, 0.5) is 0 Å². The molecule has 0 saturated heterocycles. The molecule has 0 unspecified atom stereocenters. The van der Waals surface area contributed by atoms with Gasteiger partial charge in [-0.05, 0) is 0 Å². The Bertz CT molecular complexity index is 55.4. The van der Waals surface area contributed by atoms with Gasteiger partial charge in [-0.15, -0.1) is 24.0 Å².